The van der Waals surface area contributed by atoms with Crippen LogP contribution < -0.4 is 20.9 Å². The van der Waals surface area contributed by atoms with Crippen molar-refractivity contribution < 1.29 is 9.59 Å². The van der Waals surface area contributed by atoms with Gasteiger partial charge in [0.05, 0.1) is 17.9 Å². The van der Waals surface area contributed by atoms with E-state index in [9.17, 15) is 9.59 Å². The summed E-state index contributed by atoms with van der Waals surface area (Å²) >= 11 is 6.04. The lowest BCUT2D eigenvalue weighted by molar-refractivity contribution is -0.118. The Morgan fingerprint density at radius 2 is 2.10 bits per heavy atom. The fourth-order valence-electron chi connectivity index (χ4n) is 2.33. The van der Waals surface area contributed by atoms with Crippen LogP contribution in [0.1, 0.15) is 6.42 Å². The highest BCUT2D eigenvalue weighted by Gasteiger charge is 2.21. The molecule has 3 amide bonds. The quantitative estimate of drug-likeness (QED) is 0.859. The highest BCUT2D eigenvalue weighted by atomic mass is 35.5. The van der Waals surface area contributed by atoms with Gasteiger partial charge in [-0.15, -0.1) is 0 Å². The Morgan fingerprint density at radius 1 is 1.35 bits per heavy atom. The molecule has 0 spiro atoms. The Morgan fingerprint density at radius 3 is 2.80 bits per heavy atom. The predicted octanol–water partition coefficient (Wildman–Crippen LogP) is 1.18. The van der Waals surface area contributed by atoms with E-state index in [1.807, 2.05) is 30.1 Å². The Labute approximate surface area is 122 Å². The van der Waals surface area contributed by atoms with E-state index in [2.05, 4.69) is 10.2 Å². The fourth-order valence-corrected chi connectivity index (χ4v) is 2.49. The zero-order chi connectivity index (χ0) is 14.7. The third kappa shape index (κ3) is 3.33. The molecule has 0 radical (unpaired) electrons. The van der Waals surface area contributed by atoms with Gasteiger partial charge in [-0.1, -0.05) is 11.6 Å². The van der Waals surface area contributed by atoms with Crippen molar-refractivity contribution in [3.05, 3.63) is 23.2 Å². The molecule has 0 unspecified atom stereocenters. The molecule has 6 nitrogen and oxygen atoms in total. The number of carbonyl (C=O) groups is 2. The van der Waals surface area contributed by atoms with Gasteiger partial charge in [0.25, 0.3) is 0 Å². The molecule has 0 atom stereocenters. The van der Waals surface area contributed by atoms with Gasteiger partial charge < -0.3 is 15.5 Å². The molecular weight excluding hydrogens is 280 g/mol. The Kier molecular flexibility index (Phi) is 4.34. The van der Waals surface area contributed by atoms with Gasteiger partial charge >= 0.3 is 6.03 Å². The van der Waals surface area contributed by atoms with E-state index in [0.717, 1.165) is 24.3 Å². The second-order valence-corrected chi connectivity index (χ2v) is 5.18. The molecule has 0 saturated heterocycles. The molecule has 1 aromatic carbocycles. The summed E-state index contributed by atoms with van der Waals surface area (Å²) in [6.07, 6.45) is 0.909. The first kappa shape index (κ1) is 14.5. The number of imide groups is 1. The van der Waals surface area contributed by atoms with Crippen LogP contribution in [0, 0.1) is 0 Å². The van der Waals surface area contributed by atoms with E-state index in [-0.39, 0.29) is 6.54 Å². The number of anilines is 2. The van der Waals surface area contributed by atoms with Gasteiger partial charge in [0, 0.05) is 25.2 Å². The molecule has 0 saturated carbocycles. The number of hydrogen-bond donors (Lipinski definition) is 2. The largest absolute Gasteiger partial charge is 0.373 e. The molecule has 108 valence electrons. The standard InChI is InChI=1S/C13H17ClN4O2/c1-17-5-2-6-18(8-12(19)16-13(15)20)11-7-9(14)3-4-10(11)17/h3-4,7H,2,5-6,8H2,1H3,(H3,15,16,19,20). The minimum absolute atomic E-state index is 0.0735. The Balaban J connectivity index is 2.25. The number of amides is 3. The molecule has 1 aliphatic heterocycles. The normalized spacial score (nSPS) is 14.5. The summed E-state index contributed by atoms with van der Waals surface area (Å²) in [6, 6.07) is 4.75. The number of nitrogens with zero attached hydrogens (tertiary/aromatic N) is 2. The number of carbonyl (C=O) groups excluding carboxylic acids is 2. The summed E-state index contributed by atoms with van der Waals surface area (Å²) in [5.41, 5.74) is 6.85. The number of nitrogens with two attached hydrogens (primary N) is 1. The summed E-state index contributed by atoms with van der Waals surface area (Å²) in [5.74, 6) is -0.423. The second kappa shape index (κ2) is 6.00. The van der Waals surface area contributed by atoms with Gasteiger partial charge in [0.15, 0.2) is 0 Å². The molecule has 1 heterocycles. The first-order valence-corrected chi connectivity index (χ1v) is 6.70. The molecular formula is C13H17ClN4O2. The van der Waals surface area contributed by atoms with Crippen molar-refractivity contribution in [1.82, 2.24) is 5.32 Å². The van der Waals surface area contributed by atoms with E-state index in [4.69, 9.17) is 17.3 Å². The van der Waals surface area contributed by atoms with Crippen LogP contribution >= 0.6 is 11.6 Å². The topological polar surface area (TPSA) is 78.7 Å². The van der Waals surface area contributed by atoms with Crippen LogP contribution in [0.2, 0.25) is 5.02 Å². The van der Waals surface area contributed by atoms with Crippen LogP contribution in [0.15, 0.2) is 18.2 Å². The van der Waals surface area contributed by atoms with Crippen molar-refractivity contribution in [3.63, 3.8) is 0 Å². The van der Waals surface area contributed by atoms with Crippen molar-refractivity contribution in [3.8, 4) is 0 Å². The maximum absolute atomic E-state index is 11.7. The summed E-state index contributed by atoms with van der Waals surface area (Å²) in [6.45, 7) is 1.68. The van der Waals surface area contributed by atoms with Crippen LogP contribution in [-0.2, 0) is 4.79 Å². The SMILES string of the molecule is CN1CCCN(CC(=O)NC(N)=O)c2cc(Cl)ccc21. The second-order valence-electron chi connectivity index (χ2n) is 4.74. The summed E-state index contributed by atoms with van der Waals surface area (Å²) < 4.78 is 0. The minimum atomic E-state index is -0.840. The molecule has 0 aliphatic carbocycles. The van der Waals surface area contributed by atoms with Crippen molar-refractivity contribution in [1.29, 1.82) is 0 Å². The molecule has 0 aromatic heterocycles. The fraction of sp³-hybridized carbons (Fsp3) is 0.385. The lowest BCUT2D eigenvalue weighted by Gasteiger charge is -2.25. The molecule has 3 N–H and O–H groups in total. The van der Waals surface area contributed by atoms with Gasteiger partial charge in [0.1, 0.15) is 0 Å². The lowest BCUT2D eigenvalue weighted by atomic mass is 10.2. The van der Waals surface area contributed by atoms with Crippen molar-refractivity contribution in [2.45, 2.75) is 6.42 Å². The monoisotopic (exact) mass is 296 g/mol. The average Bonchev–Trinajstić information content (AvgIpc) is 2.49. The molecule has 0 bridgehead atoms. The van der Waals surface area contributed by atoms with E-state index < -0.39 is 11.9 Å². The number of urea groups is 1. The predicted molar refractivity (Wildman–Crippen MR) is 79.3 cm³/mol. The summed E-state index contributed by atoms with van der Waals surface area (Å²) in [7, 11) is 2.00. The van der Waals surface area contributed by atoms with E-state index in [1.54, 1.807) is 0 Å². The maximum Gasteiger partial charge on any atom is 0.318 e. The maximum atomic E-state index is 11.7. The smallest absolute Gasteiger partial charge is 0.318 e. The van der Waals surface area contributed by atoms with Crippen molar-refractivity contribution in [2.75, 3.05) is 36.5 Å². The van der Waals surface area contributed by atoms with Gasteiger partial charge in [-0.2, -0.15) is 0 Å². The molecule has 2 rings (SSSR count). The molecule has 7 heteroatoms. The molecule has 1 aliphatic rings. The molecule has 0 fully saturated rings. The number of rotatable bonds is 2. The Bertz CT molecular complexity index is 535. The summed E-state index contributed by atoms with van der Waals surface area (Å²) in [4.78, 5) is 26.5. The number of primary amides is 1. The van der Waals surface area contributed by atoms with Crippen molar-refractivity contribution >= 4 is 34.9 Å². The van der Waals surface area contributed by atoms with Gasteiger partial charge in [-0.05, 0) is 24.6 Å². The minimum Gasteiger partial charge on any atom is -0.373 e. The van der Waals surface area contributed by atoms with E-state index >= 15 is 0 Å². The van der Waals surface area contributed by atoms with E-state index in [1.165, 1.54) is 0 Å². The summed E-state index contributed by atoms with van der Waals surface area (Å²) in [5, 5.41) is 2.69. The zero-order valence-electron chi connectivity index (χ0n) is 11.2. The highest BCUT2D eigenvalue weighted by molar-refractivity contribution is 6.31. The van der Waals surface area contributed by atoms with Gasteiger partial charge in [0.2, 0.25) is 5.91 Å². The number of fused-ring (bicyclic) bond motifs is 1. The van der Waals surface area contributed by atoms with E-state index in [0.29, 0.717) is 11.6 Å². The van der Waals surface area contributed by atoms with Crippen molar-refractivity contribution in [2.24, 2.45) is 5.73 Å². The lowest BCUT2D eigenvalue weighted by Crippen LogP contribution is -2.42. The third-order valence-corrected chi connectivity index (χ3v) is 3.44. The van der Waals surface area contributed by atoms with Crippen LogP contribution in [0.4, 0.5) is 16.2 Å². The first-order valence-electron chi connectivity index (χ1n) is 6.32. The molecule has 20 heavy (non-hydrogen) atoms. The number of nitrogens with one attached hydrogen (secondary N) is 1. The number of benzene rings is 1. The third-order valence-electron chi connectivity index (χ3n) is 3.21. The van der Waals surface area contributed by atoms with Crippen LogP contribution in [-0.4, -0.2) is 38.6 Å². The highest BCUT2D eigenvalue weighted by Crippen LogP contribution is 2.33. The van der Waals surface area contributed by atoms with Gasteiger partial charge in [-0.3, -0.25) is 10.1 Å². The Hall–Kier alpha value is -1.95. The average molecular weight is 297 g/mol. The zero-order valence-corrected chi connectivity index (χ0v) is 12.0. The van der Waals surface area contributed by atoms with Crippen LogP contribution in [0.5, 0.6) is 0 Å². The number of halogens is 1. The van der Waals surface area contributed by atoms with Crippen LogP contribution in [0.25, 0.3) is 0 Å². The molecule has 1 aromatic rings. The van der Waals surface area contributed by atoms with Crippen LogP contribution in [0.3, 0.4) is 0 Å². The first-order chi connectivity index (χ1) is 9.47. The number of hydrogen-bond acceptors (Lipinski definition) is 4. The van der Waals surface area contributed by atoms with Gasteiger partial charge in [-0.25, -0.2) is 4.79 Å².